The summed E-state index contributed by atoms with van der Waals surface area (Å²) in [6, 6.07) is 17.1. The van der Waals surface area contributed by atoms with E-state index < -0.39 is 10.0 Å². The maximum Gasteiger partial charge on any atom is 0.214 e. The highest BCUT2D eigenvalue weighted by Crippen LogP contribution is 2.35. The minimum absolute atomic E-state index is 0.227. The first kappa shape index (κ1) is 20.9. The average Bonchev–Trinajstić information content (AvgIpc) is 3.01. The van der Waals surface area contributed by atoms with Crippen molar-refractivity contribution in [2.75, 3.05) is 18.8 Å². The monoisotopic (exact) mass is 422 g/mol. The highest BCUT2D eigenvalue weighted by molar-refractivity contribution is 7.89. The Morgan fingerprint density at radius 3 is 2.43 bits per heavy atom. The molecule has 3 aromatic rings. The second kappa shape index (κ2) is 8.40. The molecule has 0 aliphatic carbocycles. The number of aryl methyl sites for hydroxylation is 1. The molecule has 0 fully saturated rings. The lowest BCUT2D eigenvalue weighted by atomic mass is 9.97. The fraction of sp³-hybridized carbons (Fsp3) is 0.360. The molecule has 1 aliphatic heterocycles. The molecule has 0 saturated carbocycles. The van der Waals surface area contributed by atoms with Crippen molar-refractivity contribution < 1.29 is 8.42 Å². The molecule has 0 amide bonds. The Morgan fingerprint density at radius 2 is 1.73 bits per heavy atom. The normalized spacial score (nSPS) is 15.5. The van der Waals surface area contributed by atoms with Crippen LogP contribution in [-0.2, 0) is 16.6 Å². The van der Waals surface area contributed by atoms with E-state index in [1.54, 1.807) is 4.31 Å². The first-order valence-electron chi connectivity index (χ1n) is 10.7. The number of benzene rings is 2. The van der Waals surface area contributed by atoms with Gasteiger partial charge in [-0.1, -0.05) is 55.5 Å². The maximum atomic E-state index is 12.4. The lowest BCUT2D eigenvalue weighted by molar-refractivity contribution is 0.440. The third-order valence-electron chi connectivity index (χ3n) is 6.17. The van der Waals surface area contributed by atoms with E-state index in [4.69, 9.17) is 0 Å². The summed E-state index contributed by atoms with van der Waals surface area (Å²) in [4.78, 5) is 0. The minimum Gasteiger partial charge on any atom is -0.340 e. The number of aromatic nitrogens is 1. The van der Waals surface area contributed by atoms with E-state index >= 15 is 0 Å². The van der Waals surface area contributed by atoms with Gasteiger partial charge in [0.25, 0.3) is 0 Å². The molecule has 4 rings (SSSR count). The fourth-order valence-electron chi connectivity index (χ4n) is 4.52. The summed E-state index contributed by atoms with van der Waals surface area (Å²) in [6.07, 6.45) is 3.52. The lowest BCUT2D eigenvalue weighted by Crippen LogP contribution is -2.36. The summed E-state index contributed by atoms with van der Waals surface area (Å²) in [6.45, 7) is 8.12. The van der Waals surface area contributed by atoms with Gasteiger partial charge in [-0.25, -0.2) is 8.42 Å². The van der Waals surface area contributed by atoms with Crippen molar-refractivity contribution in [2.45, 2.75) is 40.2 Å². The maximum absolute atomic E-state index is 12.4. The van der Waals surface area contributed by atoms with Gasteiger partial charge in [0.1, 0.15) is 0 Å². The Kier molecular flexibility index (Phi) is 5.85. The van der Waals surface area contributed by atoms with Crippen LogP contribution < -0.4 is 0 Å². The van der Waals surface area contributed by atoms with Crippen molar-refractivity contribution in [1.82, 2.24) is 8.87 Å². The van der Waals surface area contributed by atoms with Crippen molar-refractivity contribution in [2.24, 2.45) is 0 Å². The van der Waals surface area contributed by atoms with Crippen molar-refractivity contribution in [3.8, 4) is 0 Å². The van der Waals surface area contributed by atoms with Gasteiger partial charge in [-0.05, 0) is 49.5 Å². The molecule has 4 nitrogen and oxygen atoms in total. The van der Waals surface area contributed by atoms with E-state index in [1.807, 2.05) is 6.92 Å². The zero-order valence-corrected chi connectivity index (χ0v) is 18.9. The standard InChI is InChI=1S/C25H30N2O2S/c1-4-17-30(28,29)26-15-13-21(14-16-26)25-20(3)27(24-12-8-7-11-23(24)25)18-22-10-6-5-9-19(22)2/h5-13H,4,14-18H2,1-3H3. The molecule has 30 heavy (non-hydrogen) atoms. The number of para-hydroxylation sites is 1. The third-order valence-corrected chi connectivity index (χ3v) is 8.21. The van der Waals surface area contributed by atoms with Crippen molar-refractivity contribution in [3.05, 3.63) is 77.0 Å². The van der Waals surface area contributed by atoms with Gasteiger partial charge < -0.3 is 4.57 Å². The molecule has 0 unspecified atom stereocenters. The lowest BCUT2D eigenvalue weighted by Gasteiger charge is -2.26. The van der Waals surface area contributed by atoms with Crippen molar-refractivity contribution in [1.29, 1.82) is 0 Å². The first-order chi connectivity index (χ1) is 14.4. The van der Waals surface area contributed by atoms with Crippen LogP contribution in [0.3, 0.4) is 0 Å². The topological polar surface area (TPSA) is 42.3 Å². The van der Waals surface area contributed by atoms with Crippen LogP contribution in [0.2, 0.25) is 0 Å². The van der Waals surface area contributed by atoms with E-state index in [-0.39, 0.29) is 5.75 Å². The van der Waals surface area contributed by atoms with Crippen molar-refractivity contribution >= 4 is 26.5 Å². The molecule has 0 atom stereocenters. The van der Waals surface area contributed by atoms with Crippen LogP contribution in [0.1, 0.15) is 42.1 Å². The predicted molar refractivity (Wildman–Crippen MR) is 125 cm³/mol. The van der Waals surface area contributed by atoms with Gasteiger partial charge in [-0.2, -0.15) is 4.31 Å². The zero-order valence-electron chi connectivity index (χ0n) is 18.1. The smallest absolute Gasteiger partial charge is 0.214 e. The van der Waals surface area contributed by atoms with E-state index in [0.717, 1.165) is 13.0 Å². The second-order valence-electron chi connectivity index (χ2n) is 8.14. The van der Waals surface area contributed by atoms with Gasteiger partial charge in [0.05, 0.1) is 5.75 Å². The van der Waals surface area contributed by atoms with Crippen LogP contribution in [0.5, 0.6) is 0 Å². The molecule has 0 spiro atoms. The van der Waals surface area contributed by atoms with Gasteiger partial charge in [0.15, 0.2) is 0 Å². The molecule has 1 aromatic heterocycles. The molecule has 2 aromatic carbocycles. The molecule has 0 radical (unpaired) electrons. The molecule has 0 bridgehead atoms. The fourth-order valence-corrected chi connectivity index (χ4v) is 5.96. The Morgan fingerprint density at radius 1 is 1.00 bits per heavy atom. The second-order valence-corrected chi connectivity index (χ2v) is 10.2. The highest BCUT2D eigenvalue weighted by atomic mass is 32.2. The average molecular weight is 423 g/mol. The minimum atomic E-state index is -3.15. The molecule has 0 N–H and O–H groups in total. The van der Waals surface area contributed by atoms with Crippen LogP contribution in [0.15, 0.2) is 54.6 Å². The summed E-state index contributed by atoms with van der Waals surface area (Å²) in [5, 5.41) is 1.25. The molecule has 158 valence electrons. The van der Waals surface area contributed by atoms with Gasteiger partial charge in [-0.3, -0.25) is 0 Å². The molecular formula is C25H30N2O2S. The Hall–Kier alpha value is -2.37. The summed E-state index contributed by atoms with van der Waals surface area (Å²) in [5.41, 5.74) is 7.62. The quantitative estimate of drug-likeness (QED) is 0.552. The Labute approximate surface area is 179 Å². The van der Waals surface area contributed by atoms with E-state index in [1.165, 1.54) is 38.9 Å². The molecule has 1 aliphatic rings. The van der Waals surface area contributed by atoms with Gasteiger partial charge in [0, 0.05) is 41.8 Å². The highest BCUT2D eigenvalue weighted by Gasteiger charge is 2.26. The Bertz CT molecular complexity index is 1210. The van der Waals surface area contributed by atoms with Crippen molar-refractivity contribution in [3.63, 3.8) is 0 Å². The number of fused-ring (bicyclic) bond motifs is 1. The van der Waals surface area contributed by atoms with Crippen LogP contribution in [0.4, 0.5) is 0 Å². The Balaban J connectivity index is 1.73. The molecule has 0 saturated heterocycles. The van der Waals surface area contributed by atoms with Crippen LogP contribution in [0, 0.1) is 13.8 Å². The van der Waals surface area contributed by atoms with Crippen LogP contribution >= 0.6 is 0 Å². The van der Waals surface area contributed by atoms with Gasteiger partial charge in [0.2, 0.25) is 10.0 Å². The van der Waals surface area contributed by atoms with E-state index in [0.29, 0.717) is 19.5 Å². The third kappa shape index (κ3) is 3.84. The first-order valence-corrected chi connectivity index (χ1v) is 12.3. The summed E-state index contributed by atoms with van der Waals surface area (Å²) >= 11 is 0. The summed E-state index contributed by atoms with van der Waals surface area (Å²) < 4.78 is 28.9. The number of rotatable bonds is 6. The number of hydrogen-bond donors (Lipinski definition) is 0. The van der Waals surface area contributed by atoms with Crippen LogP contribution in [-0.4, -0.2) is 36.1 Å². The largest absolute Gasteiger partial charge is 0.340 e. The molecular weight excluding hydrogens is 392 g/mol. The van der Waals surface area contributed by atoms with Gasteiger partial charge >= 0.3 is 0 Å². The zero-order chi connectivity index (χ0) is 21.3. The molecule has 5 heteroatoms. The molecule has 2 heterocycles. The van der Waals surface area contributed by atoms with E-state index in [9.17, 15) is 8.42 Å². The van der Waals surface area contributed by atoms with Crippen LogP contribution in [0.25, 0.3) is 16.5 Å². The van der Waals surface area contributed by atoms with Gasteiger partial charge in [-0.15, -0.1) is 0 Å². The SMILES string of the molecule is CCCS(=O)(=O)N1CC=C(c2c(C)n(Cc3ccccc3C)c3ccccc23)CC1. The summed E-state index contributed by atoms with van der Waals surface area (Å²) in [7, 11) is -3.15. The summed E-state index contributed by atoms with van der Waals surface area (Å²) in [5.74, 6) is 0.227. The van der Waals surface area contributed by atoms with E-state index in [2.05, 4.69) is 73.0 Å². The predicted octanol–water partition coefficient (Wildman–Crippen LogP) is 5.14. The number of sulfonamides is 1. The number of nitrogens with zero attached hydrogens (tertiary/aromatic N) is 2. The number of hydrogen-bond acceptors (Lipinski definition) is 2.